The van der Waals surface area contributed by atoms with E-state index in [0.29, 0.717) is 13.2 Å². The van der Waals surface area contributed by atoms with E-state index in [-0.39, 0.29) is 17.4 Å². The van der Waals surface area contributed by atoms with Gasteiger partial charge in [-0.3, -0.25) is 4.79 Å². The number of fused-ring (bicyclic) bond motifs is 1. The molecule has 25 heavy (non-hydrogen) atoms. The molecule has 134 valence electrons. The molecule has 1 N–H and O–H groups in total. The van der Waals surface area contributed by atoms with Crippen molar-refractivity contribution in [2.45, 2.75) is 58.0 Å². The minimum absolute atomic E-state index is 0.145. The van der Waals surface area contributed by atoms with Crippen LogP contribution in [0.2, 0.25) is 0 Å². The van der Waals surface area contributed by atoms with Crippen LogP contribution in [0, 0.1) is 17.8 Å². The van der Waals surface area contributed by atoms with Crippen molar-refractivity contribution < 1.29 is 14.3 Å². The number of amides is 1. The molecule has 1 amide bonds. The molecule has 0 bridgehead atoms. The maximum atomic E-state index is 12.0. The van der Waals surface area contributed by atoms with E-state index >= 15 is 0 Å². The largest absolute Gasteiger partial charge is 0.483 e. The molecule has 1 aromatic carbocycles. The zero-order valence-electron chi connectivity index (χ0n) is 15.2. The van der Waals surface area contributed by atoms with Gasteiger partial charge in [-0.05, 0) is 32.8 Å². The Balaban J connectivity index is 1.43. The highest BCUT2D eigenvalue weighted by Crippen LogP contribution is 2.41. The Morgan fingerprint density at radius 2 is 2.08 bits per heavy atom. The monoisotopic (exact) mass is 341 g/mol. The normalized spacial score (nSPS) is 18.5. The summed E-state index contributed by atoms with van der Waals surface area (Å²) in [6, 6.07) is 5.97. The van der Waals surface area contributed by atoms with Crippen LogP contribution in [-0.4, -0.2) is 24.7 Å². The summed E-state index contributed by atoms with van der Waals surface area (Å²) in [4.78, 5) is 12.0. The Labute approximate surface area is 150 Å². The Morgan fingerprint density at radius 1 is 1.28 bits per heavy atom. The molecular weight excluding hydrogens is 314 g/mol. The summed E-state index contributed by atoms with van der Waals surface area (Å²) in [7, 11) is 0. The second kappa shape index (κ2) is 7.82. The molecule has 1 aliphatic heterocycles. The van der Waals surface area contributed by atoms with Crippen LogP contribution in [0.3, 0.4) is 0 Å². The molecule has 0 radical (unpaired) electrons. The number of para-hydroxylation sites is 1. The summed E-state index contributed by atoms with van der Waals surface area (Å²) in [5.74, 6) is 7.82. The third kappa shape index (κ3) is 4.69. The molecule has 1 aliphatic carbocycles. The van der Waals surface area contributed by atoms with E-state index in [2.05, 4.69) is 37.1 Å². The highest BCUT2D eigenvalue weighted by molar-refractivity contribution is 5.78. The third-order valence-corrected chi connectivity index (χ3v) is 4.81. The van der Waals surface area contributed by atoms with Crippen LogP contribution in [-0.2, 0) is 11.2 Å². The average molecular weight is 341 g/mol. The maximum Gasteiger partial charge on any atom is 0.223 e. The third-order valence-electron chi connectivity index (χ3n) is 4.81. The van der Waals surface area contributed by atoms with Crippen molar-refractivity contribution in [1.82, 2.24) is 5.32 Å². The Morgan fingerprint density at radius 3 is 2.88 bits per heavy atom. The van der Waals surface area contributed by atoms with Crippen molar-refractivity contribution in [1.29, 1.82) is 0 Å². The standard InChI is InChI=1S/C21H27NO3/c1-21(2)15-17-11-8-12-18(19(17)25-21)24-14-7-6-13-22-20(23)16-9-4-3-5-10-16/h8,11-12,16H,3-5,9-10,13-15H2,1-2H3,(H,22,23). The number of hydrogen-bond donors (Lipinski definition) is 1. The SMILES string of the molecule is CC1(C)Cc2cccc(OCC#CCNC(=O)C3CCCCC3)c2O1. The molecule has 0 saturated heterocycles. The summed E-state index contributed by atoms with van der Waals surface area (Å²) >= 11 is 0. The van der Waals surface area contributed by atoms with Gasteiger partial charge in [-0.2, -0.15) is 0 Å². The van der Waals surface area contributed by atoms with Crippen molar-refractivity contribution in [3.63, 3.8) is 0 Å². The minimum Gasteiger partial charge on any atom is -0.483 e. The lowest BCUT2D eigenvalue weighted by Gasteiger charge is -2.19. The van der Waals surface area contributed by atoms with Gasteiger partial charge in [-0.25, -0.2) is 0 Å². The first-order valence-electron chi connectivity index (χ1n) is 9.22. The Bertz CT molecular complexity index is 678. The summed E-state index contributed by atoms with van der Waals surface area (Å²) in [6.45, 7) is 4.83. The minimum atomic E-state index is -0.184. The van der Waals surface area contributed by atoms with Crippen molar-refractivity contribution in [3.8, 4) is 23.3 Å². The van der Waals surface area contributed by atoms with Gasteiger partial charge in [0.2, 0.25) is 5.91 Å². The summed E-state index contributed by atoms with van der Waals surface area (Å²) in [5, 5.41) is 2.91. The molecule has 3 rings (SSSR count). The zero-order chi connectivity index (χ0) is 17.7. The fourth-order valence-electron chi connectivity index (χ4n) is 3.57. The lowest BCUT2D eigenvalue weighted by molar-refractivity contribution is -0.125. The number of carbonyl (C=O) groups excluding carboxylic acids is 1. The van der Waals surface area contributed by atoms with E-state index in [1.807, 2.05) is 12.1 Å². The van der Waals surface area contributed by atoms with Gasteiger partial charge in [0.05, 0.1) is 6.54 Å². The van der Waals surface area contributed by atoms with Crippen LogP contribution < -0.4 is 14.8 Å². The maximum absolute atomic E-state index is 12.0. The fourth-order valence-corrected chi connectivity index (χ4v) is 3.57. The van der Waals surface area contributed by atoms with Gasteiger partial charge in [-0.15, -0.1) is 0 Å². The Kier molecular flexibility index (Phi) is 5.53. The van der Waals surface area contributed by atoms with Gasteiger partial charge in [0.1, 0.15) is 12.2 Å². The number of hydrogen-bond acceptors (Lipinski definition) is 3. The smallest absolute Gasteiger partial charge is 0.223 e. The van der Waals surface area contributed by atoms with Crippen molar-refractivity contribution in [2.24, 2.45) is 5.92 Å². The first-order valence-corrected chi connectivity index (χ1v) is 9.22. The van der Waals surface area contributed by atoms with E-state index in [4.69, 9.17) is 9.47 Å². The zero-order valence-corrected chi connectivity index (χ0v) is 15.2. The van der Waals surface area contributed by atoms with Crippen LogP contribution in [0.1, 0.15) is 51.5 Å². The number of carbonyl (C=O) groups is 1. The molecule has 2 aliphatic rings. The molecule has 1 aromatic rings. The predicted octanol–water partition coefficient (Wildman–Crippen LogP) is 3.48. The van der Waals surface area contributed by atoms with Gasteiger partial charge >= 0.3 is 0 Å². The molecule has 0 unspecified atom stereocenters. The van der Waals surface area contributed by atoms with Crippen LogP contribution in [0.5, 0.6) is 11.5 Å². The molecule has 4 heteroatoms. The van der Waals surface area contributed by atoms with Crippen LogP contribution in [0.25, 0.3) is 0 Å². The summed E-state index contributed by atoms with van der Waals surface area (Å²) in [6.07, 6.45) is 6.49. The number of benzene rings is 1. The Hall–Kier alpha value is -2.15. The van der Waals surface area contributed by atoms with E-state index in [1.54, 1.807) is 0 Å². The van der Waals surface area contributed by atoms with Gasteiger partial charge in [0.25, 0.3) is 0 Å². The molecule has 1 heterocycles. The second-order valence-electron chi connectivity index (χ2n) is 7.48. The van der Waals surface area contributed by atoms with Gasteiger partial charge < -0.3 is 14.8 Å². The second-order valence-corrected chi connectivity index (χ2v) is 7.48. The van der Waals surface area contributed by atoms with Gasteiger partial charge in [-0.1, -0.05) is 43.2 Å². The van der Waals surface area contributed by atoms with E-state index in [0.717, 1.165) is 43.6 Å². The van der Waals surface area contributed by atoms with E-state index in [9.17, 15) is 4.79 Å². The van der Waals surface area contributed by atoms with Crippen molar-refractivity contribution in [3.05, 3.63) is 23.8 Å². The first-order chi connectivity index (χ1) is 12.1. The lowest BCUT2D eigenvalue weighted by Crippen LogP contribution is -2.32. The molecule has 0 aromatic heterocycles. The van der Waals surface area contributed by atoms with Crippen LogP contribution >= 0.6 is 0 Å². The van der Waals surface area contributed by atoms with Crippen molar-refractivity contribution >= 4 is 5.91 Å². The molecule has 4 nitrogen and oxygen atoms in total. The number of rotatable bonds is 4. The molecular formula is C21H27NO3. The quantitative estimate of drug-likeness (QED) is 0.853. The molecule has 1 saturated carbocycles. The topological polar surface area (TPSA) is 47.6 Å². The number of nitrogens with one attached hydrogen (secondary N) is 1. The number of ether oxygens (including phenoxy) is 2. The summed E-state index contributed by atoms with van der Waals surface area (Å²) < 4.78 is 11.7. The average Bonchev–Trinajstić information content (AvgIpc) is 2.93. The molecule has 0 atom stereocenters. The fraction of sp³-hybridized carbons (Fsp3) is 0.571. The van der Waals surface area contributed by atoms with Crippen LogP contribution in [0.4, 0.5) is 0 Å². The first kappa shape index (κ1) is 17.7. The van der Waals surface area contributed by atoms with Crippen LogP contribution in [0.15, 0.2) is 18.2 Å². The lowest BCUT2D eigenvalue weighted by atomic mass is 9.89. The van der Waals surface area contributed by atoms with E-state index < -0.39 is 0 Å². The van der Waals surface area contributed by atoms with Crippen molar-refractivity contribution in [2.75, 3.05) is 13.2 Å². The van der Waals surface area contributed by atoms with E-state index in [1.165, 1.54) is 12.0 Å². The predicted molar refractivity (Wildman–Crippen MR) is 97.7 cm³/mol. The summed E-state index contributed by atoms with van der Waals surface area (Å²) in [5.41, 5.74) is 0.992. The van der Waals surface area contributed by atoms with Gasteiger partial charge in [0, 0.05) is 17.9 Å². The molecule has 1 fully saturated rings. The van der Waals surface area contributed by atoms with Gasteiger partial charge in [0.15, 0.2) is 11.5 Å². The highest BCUT2D eigenvalue weighted by atomic mass is 16.5. The highest BCUT2D eigenvalue weighted by Gasteiger charge is 2.32. The molecule has 0 spiro atoms.